The Hall–Kier alpha value is -2.09. The van der Waals surface area contributed by atoms with E-state index >= 15 is 0 Å². The third-order valence-corrected chi connectivity index (χ3v) is 5.46. The number of rotatable bonds is 5. The van der Waals surface area contributed by atoms with Crippen LogP contribution < -0.4 is 4.18 Å². The van der Waals surface area contributed by atoms with Crippen LogP contribution in [0.1, 0.15) is 12.6 Å². The quantitative estimate of drug-likeness (QED) is 0.570. The van der Waals surface area contributed by atoms with Crippen molar-refractivity contribution in [1.29, 1.82) is 0 Å². The molecule has 0 saturated heterocycles. The number of halogens is 3. The number of nitrogens with zero attached hydrogens (tertiary/aromatic N) is 2. The van der Waals surface area contributed by atoms with E-state index in [0.29, 0.717) is 17.8 Å². The van der Waals surface area contributed by atoms with Crippen LogP contribution in [-0.2, 0) is 16.5 Å². The van der Waals surface area contributed by atoms with Gasteiger partial charge in [-0.3, -0.25) is 0 Å². The molecular formula is C17H13Cl2FN2O3S. The number of aromatic nitrogens is 2. The highest BCUT2D eigenvalue weighted by molar-refractivity contribution is 7.87. The van der Waals surface area contributed by atoms with Crippen LogP contribution in [0.4, 0.5) is 4.39 Å². The standard InChI is InChI=1S/C17H13Cl2FN2O3S/c1-2-13-10-17(22(21-13)14-6-4-12(20)5-7-14)25-26(23,24)16-9-11(18)3-8-15(16)19/h3-10H,2H2,1H3. The zero-order valence-corrected chi connectivity index (χ0v) is 15.8. The molecule has 1 heterocycles. The van der Waals surface area contributed by atoms with Gasteiger partial charge in [0.2, 0.25) is 5.88 Å². The summed E-state index contributed by atoms with van der Waals surface area (Å²) in [6.45, 7) is 1.86. The van der Waals surface area contributed by atoms with Gasteiger partial charge >= 0.3 is 10.1 Å². The van der Waals surface area contributed by atoms with Crippen molar-refractivity contribution in [2.45, 2.75) is 18.2 Å². The maximum atomic E-state index is 13.2. The molecule has 0 radical (unpaired) electrons. The van der Waals surface area contributed by atoms with Crippen molar-refractivity contribution in [3.8, 4) is 11.6 Å². The molecule has 0 atom stereocenters. The smallest absolute Gasteiger partial charge is 0.342 e. The van der Waals surface area contributed by atoms with Gasteiger partial charge in [-0.1, -0.05) is 30.1 Å². The molecule has 26 heavy (non-hydrogen) atoms. The Labute approximate surface area is 160 Å². The normalized spacial score (nSPS) is 11.5. The van der Waals surface area contributed by atoms with E-state index in [1.165, 1.54) is 53.2 Å². The van der Waals surface area contributed by atoms with Crippen molar-refractivity contribution in [2.24, 2.45) is 0 Å². The average molecular weight is 415 g/mol. The van der Waals surface area contributed by atoms with Gasteiger partial charge < -0.3 is 4.18 Å². The minimum Gasteiger partial charge on any atom is -0.358 e. The molecule has 136 valence electrons. The van der Waals surface area contributed by atoms with Crippen LogP contribution in [0, 0.1) is 5.82 Å². The van der Waals surface area contributed by atoms with Crippen LogP contribution in [0.25, 0.3) is 5.69 Å². The molecule has 0 bridgehead atoms. The third-order valence-electron chi connectivity index (χ3n) is 3.52. The van der Waals surface area contributed by atoms with Gasteiger partial charge in [0.1, 0.15) is 10.7 Å². The predicted molar refractivity (Wildman–Crippen MR) is 97.2 cm³/mol. The molecule has 0 aliphatic rings. The Kier molecular flexibility index (Phi) is 5.22. The Morgan fingerprint density at radius 3 is 2.46 bits per heavy atom. The molecule has 5 nitrogen and oxygen atoms in total. The minimum atomic E-state index is -4.25. The molecule has 3 aromatic rings. The van der Waals surface area contributed by atoms with Gasteiger partial charge in [0, 0.05) is 11.1 Å². The summed E-state index contributed by atoms with van der Waals surface area (Å²) in [5.74, 6) is -0.457. The predicted octanol–water partition coefficient (Wildman–Crippen LogP) is 4.65. The summed E-state index contributed by atoms with van der Waals surface area (Å²) in [5, 5.41) is 4.48. The number of benzene rings is 2. The SMILES string of the molecule is CCc1cc(OS(=O)(=O)c2cc(Cl)ccc2Cl)n(-c2ccc(F)cc2)n1. The molecule has 0 aliphatic carbocycles. The summed E-state index contributed by atoms with van der Waals surface area (Å²) < 4.78 is 45.0. The molecule has 0 unspecified atom stereocenters. The first kappa shape index (κ1) is 18.7. The van der Waals surface area contributed by atoms with Crippen LogP contribution in [0.15, 0.2) is 53.4 Å². The molecule has 3 rings (SSSR count). The zero-order valence-electron chi connectivity index (χ0n) is 13.5. The van der Waals surface area contributed by atoms with Gasteiger partial charge in [0.15, 0.2) is 0 Å². The lowest BCUT2D eigenvalue weighted by molar-refractivity contribution is 0.465. The first-order valence-electron chi connectivity index (χ1n) is 7.54. The molecule has 0 amide bonds. The number of aryl methyl sites for hydroxylation is 1. The highest BCUT2D eigenvalue weighted by atomic mass is 35.5. The van der Waals surface area contributed by atoms with Crippen LogP contribution >= 0.6 is 23.2 Å². The summed E-state index contributed by atoms with van der Waals surface area (Å²) >= 11 is 11.8. The van der Waals surface area contributed by atoms with Crippen molar-refractivity contribution in [3.05, 3.63) is 70.1 Å². The molecule has 0 fully saturated rings. The second-order valence-electron chi connectivity index (χ2n) is 5.33. The van der Waals surface area contributed by atoms with Gasteiger partial charge in [-0.15, -0.1) is 0 Å². The van der Waals surface area contributed by atoms with Gasteiger partial charge in [-0.25, -0.2) is 4.39 Å². The molecule has 2 aromatic carbocycles. The van der Waals surface area contributed by atoms with Gasteiger partial charge in [0.25, 0.3) is 0 Å². The summed E-state index contributed by atoms with van der Waals surface area (Å²) in [4.78, 5) is -0.253. The highest BCUT2D eigenvalue weighted by Crippen LogP contribution is 2.29. The van der Waals surface area contributed by atoms with E-state index in [1.54, 1.807) is 0 Å². The van der Waals surface area contributed by atoms with Crippen LogP contribution in [0.3, 0.4) is 0 Å². The van der Waals surface area contributed by atoms with Gasteiger partial charge in [-0.05, 0) is 48.9 Å². The van der Waals surface area contributed by atoms with Crippen molar-refractivity contribution in [1.82, 2.24) is 9.78 Å². The number of hydrogen-bond acceptors (Lipinski definition) is 4. The van der Waals surface area contributed by atoms with Crippen molar-refractivity contribution in [3.63, 3.8) is 0 Å². The van der Waals surface area contributed by atoms with E-state index in [1.807, 2.05) is 6.92 Å². The lowest BCUT2D eigenvalue weighted by Gasteiger charge is -2.10. The molecule has 9 heteroatoms. The van der Waals surface area contributed by atoms with E-state index in [-0.39, 0.29) is 20.8 Å². The van der Waals surface area contributed by atoms with Crippen LogP contribution in [-0.4, -0.2) is 18.2 Å². The van der Waals surface area contributed by atoms with Crippen molar-refractivity contribution < 1.29 is 17.0 Å². The molecule has 0 aliphatic heterocycles. The van der Waals surface area contributed by atoms with Crippen LogP contribution in [0.2, 0.25) is 10.0 Å². The highest BCUT2D eigenvalue weighted by Gasteiger charge is 2.24. The first-order valence-corrected chi connectivity index (χ1v) is 9.71. The van der Waals surface area contributed by atoms with Gasteiger partial charge in [-0.2, -0.15) is 18.2 Å². The first-order chi connectivity index (χ1) is 12.3. The second-order valence-corrected chi connectivity index (χ2v) is 7.69. The third kappa shape index (κ3) is 3.85. The summed E-state index contributed by atoms with van der Waals surface area (Å²) in [5.41, 5.74) is 1.06. The van der Waals surface area contributed by atoms with E-state index in [2.05, 4.69) is 5.10 Å². The Bertz CT molecular complexity index is 1050. The van der Waals surface area contributed by atoms with E-state index in [4.69, 9.17) is 27.4 Å². The molecule has 0 saturated carbocycles. The minimum absolute atomic E-state index is 0.0158. The second kappa shape index (κ2) is 7.26. The average Bonchev–Trinajstić information content (AvgIpc) is 3.00. The van der Waals surface area contributed by atoms with Crippen molar-refractivity contribution >= 4 is 33.3 Å². The van der Waals surface area contributed by atoms with E-state index < -0.39 is 15.9 Å². The maximum Gasteiger partial charge on any atom is 0.342 e. The Morgan fingerprint density at radius 1 is 1.12 bits per heavy atom. The summed E-state index contributed by atoms with van der Waals surface area (Å²) in [6, 6.07) is 11.0. The molecular weight excluding hydrogens is 402 g/mol. The Morgan fingerprint density at radius 2 is 1.81 bits per heavy atom. The largest absolute Gasteiger partial charge is 0.358 e. The fraction of sp³-hybridized carbons (Fsp3) is 0.118. The molecule has 0 N–H and O–H groups in total. The maximum absolute atomic E-state index is 13.2. The summed E-state index contributed by atoms with van der Waals surface area (Å²) in [7, 11) is -4.25. The zero-order chi connectivity index (χ0) is 18.9. The van der Waals surface area contributed by atoms with Gasteiger partial charge in [0.05, 0.1) is 16.4 Å². The lowest BCUT2D eigenvalue weighted by atomic mass is 10.3. The van der Waals surface area contributed by atoms with E-state index in [0.717, 1.165) is 0 Å². The van der Waals surface area contributed by atoms with E-state index in [9.17, 15) is 12.8 Å². The van der Waals surface area contributed by atoms with Crippen LogP contribution in [0.5, 0.6) is 5.88 Å². The fourth-order valence-corrected chi connectivity index (χ4v) is 3.89. The fourth-order valence-electron chi connectivity index (χ4n) is 2.24. The lowest BCUT2D eigenvalue weighted by Crippen LogP contribution is -2.13. The number of hydrogen-bond donors (Lipinski definition) is 0. The Balaban J connectivity index is 2.05. The molecule has 1 aromatic heterocycles. The van der Waals surface area contributed by atoms with Crippen molar-refractivity contribution in [2.75, 3.05) is 0 Å². The summed E-state index contributed by atoms with van der Waals surface area (Å²) in [6.07, 6.45) is 0.558. The molecule has 0 spiro atoms. The topological polar surface area (TPSA) is 61.2 Å². The monoisotopic (exact) mass is 414 g/mol.